The van der Waals surface area contributed by atoms with Gasteiger partial charge < -0.3 is 9.84 Å². The van der Waals surface area contributed by atoms with Crippen LogP contribution in [-0.2, 0) is 6.42 Å². The summed E-state index contributed by atoms with van der Waals surface area (Å²) in [4.78, 5) is 0. The molecule has 0 aliphatic heterocycles. The highest BCUT2D eigenvalue weighted by molar-refractivity contribution is 5.41. The van der Waals surface area contributed by atoms with E-state index >= 15 is 0 Å². The van der Waals surface area contributed by atoms with Gasteiger partial charge in [-0.25, -0.2) is 0 Å². The predicted octanol–water partition coefficient (Wildman–Crippen LogP) is 3.92. The van der Waals surface area contributed by atoms with Crippen LogP contribution in [0.25, 0.3) is 0 Å². The molecule has 122 valence electrons. The maximum Gasteiger partial charge on any atom is 0.130 e. The third-order valence-corrected chi connectivity index (χ3v) is 7.32. The number of terminal acetylenes is 1. The third-order valence-electron chi connectivity index (χ3n) is 7.32. The van der Waals surface area contributed by atoms with Crippen molar-refractivity contribution in [2.75, 3.05) is 7.11 Å². The Balaban J connectivity index is 1.70. The fraction of sp³-hybridized carbons (Fsp3) is 0.619. The van der Waals surface area contributed by atoms with Gasteiger partial charge in [0.05, 0.1) is 7.11 Å². The number of aryl methyl sites for hydroxylation is 1. The van der Waals surface area contributed by atoms with Gasteiger partial charge in [0.1, 0.15) is 11.4 Å². The van der Waals surface area contributed by atoms with Gasteiger partial charge in [-0.15, -0.1) is 6.42 Å². The summed E-state index contributed by atoms with van der Waals surface area (Å²) < 4.78 is 5.39. The van der Waals surface area contributed by atoms with Crippen LogP contribution < -0.4 is 4.74 Å². The summed E-state index contributed by atoms with van der Waals surface area (Å²) in [7, 11) is 1.73. The second-order valence-electron chi connectivity index (χ2n) is 7.98. The van der Waals surface area contributed by atoms with E-state index < -0.39 is 5.60 Å². The Morgan fingerprint density at radius 2 is 2.09 bits per heavy atom. The molecule has 0 heterocycles. The zero-order valence-electron chi connectivity index (χ0n) is 14.1. The van der Waals surface area contributed by atoms with E-state index in [1.165, 1.54) is 17.5 Å². The smallest absolute Gasteiger partial charge is 0.130 e. The van der Waals surface area contributed by atoms with E-state index in [2.05, 4.69) is 31.0 Å². The molecule has 0 saturated heterocycles. The predicted molar refractivity (Wildman–Crippen MR) is 91.4 cm³/mol. The highest BCUT2D eigenvalue weighted by atomic mass is 16.5. The molecule has 23 heavy (non-hydrogen) atoms. The molecular formula is C21H26O2. The summed E-state index contributed by atoms with van der Waals surface area (Å²) in [6.07, 6.45) is 12.1. The van der Waals surface area contributed by atoms with Crippen LogP contribution in [0.3, 0.4) is 0 Å². The molecule has 0 radical (unpaired) electrons. The maximum absolute atomic E-state index is 11.0. The fourth-order valence-electron chi connectivity index (χ4n) is 5.94. The largest absolute Gasteiger partial charge is 0.497 e. The first-order chi connectivity index (χ1) is 11.0. The van der Waals surface area contributed by atoms with Crippen LogP contribution >= 0.6 is 0 Å². The van der Waals surface area contributed by atoms with Crippen molar-refractivity contribution in [3.05, 3.63) is 29.3 Å². The van der Waals surface area contributed by atoms with Gasteiger partial charge in [0.25, 0.3) is 0 Å². The topological polar surface area (TPSA) is 29.5 Å². The molecule has 0 bridgehead atoms. The van der Waals surface area contributed by atoms with Crippen LogP contribution in [-0.4, -0.2) is 17.8 Å². The Morgan fingerprint density at radius 1 is 1.26 bits per heavy atom. The SMILES string of the molecule is C#C[C@]1(O)CC[C@@H]2[C@@H]3CCc4cc(OC)ccc4[C@@H]3CC[C@@]21C. The molecule has 0 unspecified atom stereocenters. The van der Waals surface area contributed by atoms with Gasteiger partial charge in [-0.2, -0.15) is 0 Å². The molecule has 3 aliphatic carbocycles. The van der Waals surface area contributed by atoms with E-state index in [4.69, 9.17) is 11.2 Å². The molecule has 0 amide bonds. The standard InChI is InChI=1S/C21H26O2/c1-4-21(22)12-10-19-18-7-5-14-13-15(23-3)6-8-16(14)17(18)9-11-20(19,21)2/h1,6,8,13,17-19,22H,5,7,9-12H2,2-3H3/t17-,18+,19+,20-,21-/m0/s1. The molecule has 1 N–H and O–H groups in total. The highest BCUT2D eigenvalue weighted by Crippen LogP contribution is 2.64. The second-order valence-corrected chi connectivity index (χ2v) is 7.98. The number of rotatable bonds is 1. The number of ether oxygens (including phenoxy) is 1. The molecule has 2 nitrogen and oxygen atoms in total. The molecule has 1 aromatic carbocycles. The summed E-state index contributed by atoms with van der Waals surface area (Å²) in [5.41, 5.74) is 1.97. The molecule has 0 spiro atoms. The Kier molecular flexibility index (Phi) is 3.29. The van der Waals surface area contributed by atoms with Crippen LogP contribution in [0.4, 0.5) is 0 Å². The summed E-state index contributed by atoms with van der Waals surface area (Å²) >= 11 is 0. The van der Waals surface area contributed by atoms with Crippen LogP contribution in [0.15, 0.2) is 18.2 Å². The van der Waals surface area contributed by atoms with Gasteiger partial charge in [0.2, 0.25) is 0 Å². The van der Waals surface area contributed by atoms with E-state index in [-0.39, 0.29) is 5.41 Å². The first-order valence-electron chi connectivity index (χ1n) is 8.89. The lowest BCUT2D eigenvalue weighted by Gasteiger charge is -2.52. The minimum absolute atomic E-state index is 0.104. The van der Waals surface area contributed by atoms with Gasteiger partial charge >= 0.3 is 0 Å². The van der Waals surface area contributed by atoms with Crippen LogP contribution in [0.2, 0.25) is 0 Å². The van der Waals surface area contributed by atoms with Gasteiger partial charge in [0.15, 0.2) is 0 Å². The summed E-state index contributed by atoms with van der Waals surface area (Å²) in [6.45, 7) is 2.24. The van der Waals surface area contributed by atoms with Crippen molar-refractivity contribution in [1.82, 2.24) is 0 Å². The molecule has 2 fully saturated rings. The average molecular weight is 310 g/mol. The van der Waals surface area contributed by atoms with Gasteiger partial charge in [-0.3, -0.25) is 0 Å². The average Bonchev–Trinajstić information content (AvgIpc) is 2.86. The zero-order valence-corrected chi connectivity index (χ0v) is 14.1. The van der Waals surface area contributed by atoms with Crippen molar-refractivity contribution in [2.24, 2.45) is 17.3 Å². The molecule has 1 aromatic rings. The van der Waals surface area contributed by atoms with Crippen molar-refractivity contribution in [3.63, 3.8) is 0 Å². The number of hydrogen-bond donors (Lipinski definition) is 1. The second kappa shape index (κ2) is 5.02. The van der Waals surface area contributed by atoms with Crippen LogP contribution in [0, 0.1) is 29.6 Å². The number of fused-ring (bicyclic) bond motifs is 5. The highest BCUT2D eigenvalue weighted by Gasteiger charge is 2.61. The van der Waals surface area contributed by atoms with E-state index in [0.29, 0.717) is 17.8 Å². The number of methoxy groups -OCH3 is 1. The monoisotopic (exact) mass is 310 g/mol. The van der Waals surface area contributed by atoms with Crippen LogP contribution in [0.1, 0.15) is 56.1 Å². The quantitative estimate of drug-likeness (QED) is 0.797. The fourth-order valence-corrected chi connectivity index (χ4v) is 5.94. The molecule has 3 aliphatic rings. The lowest BCUT2D eigenvalue weighted by atomic mass is 9.53. The Labute approximate surface area is 139 Å². The Morgan fingerprint density at radius 3 is 2.83 bits per heavy atom. The minimum atomic E-state index is -0.900. The molecule has 2 heteroatoms. The van der Waals surface area contributed by atoms with Crippen molar-refractivity contribution in [1.29, 1.82) is 0 Å². The molecule has 2 saturated carbocycles. The lowest BCUT2D eigenvalue weighted by Crippen LogP contribution is -2.50. The van der Waals surface area contributed by atoms with Gasteiger partial charge in [-0.1, -0.05) is 18.9 Å². The number of hydrogen-bond acceptors (Lipinski definition) is 2. The zero-order chi connectivity index (χ0) is 16.2. The normalized spacial score (nSPS) is 41.4. The number of aliphatic hydroxyl groups is 1. The minimum Gasteiger partial charge on any atom is -0.497 e. The molecule has 5 atom stereocenters. The number of benzene rings is 1. The summed E-state index contributed by atoms with van der Waals surface area (Å²) in [5.74, 6) is 5.56. The lowest BCUT2D eigenvalue weighted by molar-refractivity contribution is -0.0646. The summed E-state index contributed by atoms with van der Waals surface area (Å²) in [6, 6.07) is 6.59. The van der Waals surface area contributed by atoms with Crippen molar-refractivity contribution >= 4 is 0 Å². The van der Waals surface area contributed by atoms with Crippen molar-refractivity contribution < 1.29 is 9.84 Å². The third kappa shape index (κ3) is 1.93. The summed E-state index contributed by atoms with van der Waals surface area (Å²) in [5, 5.41) is 11.0. The van der Waals surface area contributed by atoms with E-state index in [1.807, 2.05) is 0 Å². The Bertz CT molecular complexity index is 673. The molecular weight excluding hydrogens is 284 g/mol. The van der Waals surface area contributed by atoms with Gasteiger partial charge in [-0.05, 0) is 79.5 Å². The molecule has 4 rings (SSSR count). The van der Waals surface area contributed by atoms with E-state index in [9.17, 15) is 5.11 Å². The first kappa shape index (κ1) is 15.1. The van der Waals surface area contributed by atoms with Crippen molar-refractivity contribution in [3.8, 4) is 18.1 Å². The first-order valence-corrected chi connectivity index (χ1v) is 8.89. The van der Waals surface area contributed by atoms with Gasteiger partial charge in [0, 0.05) is 5.41 Å². The van der Waals surface area contributed by atoms with E-state index in [0.717, 1.165) is 37.9 Å². The maximum atomic E-state index is 11.0. The van der Waals surface area contributed by atoms with E-state index in [1.54, 1.807) is 7.11 Å². The Hall–Kier alpha value is -1.46. The van der Waals surface area contributed by atoms with Crippen LogP contribution in [0.5, 0.6) is 5.75 Å². The molecule has 0 aromatic heterocycles. The van der Waals surface area contributed by atoms with Crippen molar-refractivity contribution in [2.45, 2.75) is 57.0 Å².